The molecular weight excluding hydrogens is 478 g/mol. The molecule has 0 saturated carbocycles. The van der Waals surface area contributed by atoms with Gasteiger partial charge in [-0.3, -0.25) is 0 Å². The van der Waals surface area contributed by atoms with E-state index in [4.69, 9.17) is 13.3 Å². The smallest absolute Gasteiger partial charge is 0.466 e. The van der Waals surface area contributed by atoms with Crippen molar-refractivity contribution in [2.75, 3.05) is 38.4 Å². The Balaban J connectivity index is 0.00000289. The second-order valence-electron chi connectivity index (χ2n) is 6.52. The Morgan fingerprint density at radius 2 is 1.75 bits per heavy atom. The molecule has 0 bridgehead atoms. The van der Waals surface area contributed by atoms with Gasteiger partial charge in [-0.05, 0) is 52.8 Å². The molecule has 13 heteroatoms. The van der Waals surface area contributed by atoms with E-state index in [0.29, 0.717) is 37.8 Å². The van der Waals surface area contributed by atoms with E-state index in [9.17, 15) is 8.42 Å². The van der Waals surface area contributed by atoms with Crippen molar-refractivity contribution in [1.82, 2.24) is 5.32 Å². The normalized spacial score (nSPS) is 17.4. The molecule has 2 aromatic carbocycles. The average molecular weight is 500 g/mol. The summed E-state index contributed by atoms with van der Waals surface area (Å²) in [6.45, 7) is 2.02. The van der Waals surface area contributed by atoms with Crippen molar-refractivity contribution in [3.05, 3.63) is 48.5 Å². The lowest BCUT2D eigenvalue weighted by Crippen LogP contribution is -3.09. The number of anilines is 1. The number of methoxy groups -OCH3 is 1. The van der Waals surface area contributed by atoms with Gasteiger partial charge in [0, 0.05) is 16.3 Å². The Bertz CT molecular complexity index is 1060. The van der Waals surface area contributed by atoms with Gasteiger partial charge in [-0.25, -0.2) is 9.98 Å². The third-order valence-electron chi connectivity index (χ3n) is 4.31. The molecule has 2 aliphatic rings. The molecule has 32 heavy (non-hydrogen) atoms. The minimum absolute atomic E-state index is 0. The lowest BCUT2D eigenvalue weighted by molar-refractivity contribution is -0.976. The Hall–Kier alpha value is -2.35. The van der Waals surface area contributed by atoms with Gasteiger partial charge in [-0.1, -0.05) is 11.8 Å². The van der Waals surface area contributed by atoms with Crippen LogP contribution in [0.1, 0.15) is 0 Å². The Kier molecular flexibility index (Phi) is 8.34. The number of quaternary nitrogens is 1. The Morgan fingerprint density at radius 3 is 2.31 bits per heavy atom. The maximum absolute atomic E-state index is 12.4. The minimum atomic E-state index is -4.36. The molecule has 0 spiro atoms. The van der Waals surface area contributed by atoms with Crippen LogP contribution in [0, 0.1) is 0 Å². The summed E-state index contributed by atoms with van der Waals surface area (Å²) in [6, 6.07) is 15.0. The number of hydrogen-bond acceptors (Lipinski definition) is 10. The zero-order valence-electron chi connectivity index (χ0n) is 17.1. The molecule has 0 amide bonds. The molecule has 4 rings (SSSR count). The minimum Gasteiger partial charge on any atom is -1.00 e. The first-order valence-corrected chi connectivity index (χ1v) is 11.7. The fourth-order valence-electron chi connectivity index (χ4n) is 2.86. The lowest BCUT2D eigenvalue weighted by atomic mass is 10.3. The van der Waals surface area contributed by atoms with E-state index in [1.807, 2.05) is 36.4 Å². The van der Waals surface area contributed by atoms with Crippen LogP contribution < -0.4 is 32.6 Å². The van der Waals surface area contributed by atoms with E-state index in [1.165, 1.54) is 6.34 Å². The maximum Gasteiger partial charge on any atom is 0.466 e. The van der Waals surface area contributed by atoms with Gasteiger partial charge in [0.05, 0.1) is 25.9 Å². The molecule has 172 valence electrons. The van der Waals surface area contributed by atoms with E-state index >= 15 is 0 Å². The van der Waals surface area contributed by atoms with E-state index in [0.717, 1.165) is 20.6 Å². The van der Waals surface area contributed by atoms with Crippen molar-refractivity contribution >= 4 is 40.1 Å². The predicted octanol–water partition coefficient (Wildman–Crippen LogP) is -2.35. The summed E-state index contributed by atoms with van der Waals surface area (Å²) in [7, 11) is -2.73. The van der Waals surface area contributed by atoms with Crippen LogP contribution in [-0.2, 0) is 19.0 Å². The molecular formula is C19H22ClN5O5S2. The number of nitrogens with one attached hydrogen (secondary N) is 2. The highest BCUT2D eigenvalue weighted by atomic mass is 35.5. The molecule has 2 N–H and O–H groups in total. The van der Waals surface area contributed by atoms with Crippen LogP contribution in [0.2, 0.25) is 0 Å². The number of guanidine groups is 1. The molecule has 0 radical (unpaired) electrons. The van der Waals surface area contributed by atoms with Gasteiger partial charge < -0.3 is 22.5 Å². The van der Waals surface area contributed by atoms with E-state index in [1.54, 1.807) is 31.0 Å². The zero-order chi connectivity index (χ0) is 21.7. The second-order valence-corrected chi connectivity index (χ2v) is 8.79. The third kappa shape index (κ3) is 6.34. The van der Waals surface area contributed by atoms with Crippen LogP contribution in [0.25, 0.3) is 0 Å². The first kappa shape index (κ1) is 24.3. The molecule has 0 aromatic heterocycles. The Morgan fingerprint density at radius 1 is 1.06 bits per heavy atom. The standard InChI is InChI=1S/C19H21N5O5S2.ClH/c1-27-16-4-8-18(9-5-16)30-17-6-2-15(3-7-17)24(19-21-10-11-22-19)29-31(25,26)28-23-13-12-20-14-23;/h2-9,14H,10-13H2,1H3,(H,21,22);1H. The first-order valence-electron chi connectivity index (χ1n) is 9.52. The van der Waals surface area contributed by atoms with Crippen molar-refractivity contribution < 1.29 is 39.2 Å². The van der Waals surface area contributed by atoms with Crippen molar-refractivity contribution in [3.8, 4) is 5.75 Å². The highest BCUT2D eigenvalue weighted by Crippen LogP contribution is 2.30. The van der Waals surface area contributed by atoms with Gasteiger partial charge in [-0.2, -0.15) is 13.5 Å². The molecule has 10 nitrogen and oxygen atoms in total. The lowest BCUT2D eigenvalue weighted by Gasteiger charge is -2.22. The molecule has 1 atom stereocenters. The van der Waals surface area contributed by atoms with Crippen LogP contribution >= 0.6 is 11.8 Å². The summed E-state index contributed by atoms with van der Waals surface area (Å²) < 4.78 is 40.3. The average Bonchev–Trinajstić information content (AvgIpc) is 3.47. The van der Waals surface area contributed by atoms with Crippen molar-refractivity contribution in [2.45, 2.75) is 9.79 Å². The summed E-state index contributed by atoms with van der Waals surface area (Å²) in [5, 5.41) is 4.38. The quantitative estimate of drug-likeness (QED) is 0.389. The van der Waals surface area contributed by atoms with Crippen LogP contribution in [0.15, 0.2) is 68.3 Å². The summed E-state index contributed by atoms with van der Waals surface area (Å²) in [5.41, 5.74) is 0.490. The molecule has 0 aliphatic carbocycles. The maximum atomic E-state index is 12.4. The number of nitrogens with zero attached hydrogens (tertiary/aromatic N) is 3. The van der Waals surface area contributed by atoms with Gasteiger partial charge in [0.15, 0.2) is 0 Å². The number of hydrogen-bond donors (Lipinski definition) is 2. The summed E-state index contributed by atoms with van der Waals surface area (Å²) >= 11 is 1.57. The number of benzene rings is 2. The summed E-state index contributed by atoms with van der Waals surface area (Å²) in [6.07, 6.45) is 1.39. The molecule has 2 aromatic rings. The molecule has 0 fully saturated rings. The number of ether oxygens (including phenoxy) is 1. The van der Waals surface area contributed by atoms with Crippen LogP contribution in [0.4, 0.5) is 5.69 Å². The number of rotatable bonds is 8. The van der Waals surface area contributed by atoms with Gasteiger partial charge >= 0.3 is 10.4 Å². The molecule has 2 aliphatic heterocycles. The number of aliphatic imine (C=N–C) groups is 2. The highest BCUT2D eigenvalue weighted by Gasteiger charge is 2.30. The van der Waals surface area contributed by atoms with Gasteiger partial charge in [0.2, 0.25) is 12.3 Å². The van der Waals surface area contributed by atoms with Gasteiger partial charge in [0.1, 0.15) is 12.3 Å². The molecule has 0 saturated heterocycles. The third-order valence-corrected chi connectivity index (χ3v) is 6.08. The Labute approximate surface area is 196 Å². The molecule has 1 unspecified atom stereocenters. The van der Waals surface area contributed by atoms with Gasteiger partial charge in [0.25, 0.3) is 0 Å². The van der Waals surface area contributed by atoms with Crippen molar-refractivity contribution in [3.63, 3.8) is 0 Å². The fourth-order valence-corrected chi connectivity index (χ4v) is 4.43. The van der Waals surface area contributed by atoms with E-state index < -0.39 is 10.4 Å². The van der Waals surface area contributed by atoms with Crippen LogP contribution in [0.3, 0.4) is 0 Å². The summed E-state index contributed by atoms with van der Waals surface area (Å²) in [5.74, 6) is 1.09. The van der Waals surface area contributed by atoms with Crippen LogP contribution in [0.5, 0.6) is 5.75 Å². The topological polar surface area (TPSA) is 106 Å². The summed E-state index contributed by atoms with van der Waals surface area (Å²) in [4.78, 5) is 10.3. The monoisotopic (exact) mass is 499 g/mol. The fraction of sp³-hybridized carbons (Fsp3) is 0.263. The first-order chi connectivity index (χ1) is 15.0. The second kappa shape index (κ2) is 11.0. The van der Waals surface area contributed by atoms with Crippen molar-refractivity contribution in [2.24, 2.45) is 9.98 Å². The number of halogens is 1. The van der Waals surface area contributed by atoms with E-state index in [2.05, 4.69) is 15.3 Å². The predicted molar refractivity (Wildman–Crippen MR) is 117 cm³/mol. The van der Waals surface area contributed by atoms with Gasteiger partial charge in [-0.15, -0.1) is 9.35 Å². The van der Waals surface area contributed by atoms with Crippen molar-refractivity contribution in [1.29, 1.82) is 0 Å². The molecule has 2 heterocycles. The van der Waals surface area contributed by atoms with Crippen LogP contribution in [-0.4, -0.2) is 54.0 Å². The highest BCUT2D eigenvalue weighted by molar-refractivity contribution is 7.99. The largest absolute Gasteiger partial charge is 1.00 e. The number of hydroxylamine groups is 3. The SMILES string of the molecule is COc1ccc(Sc2ccc(N(OS(=O)(=O)O[NH+]3C=NCC3)C3=NCCN3)cc2)cc1.[Cl-]. The van der Waals surface area contributed by atoms with E-state index in [-0.39, 0.29) is 17.5 Å². The zero-order valence-corrected chi connectivity index (χ0v) is 19.5.